The Morgan fingerprint density at radius 1 is 1.25 bits per heavy atom. The Bertz CT molecular complexity index is 444. The Balaban J connectivity index is 1.64. The second-order valence-corrected chi connectivity index (χ2v) is 6.83. The Morgan fingerprint density at radius 3 is 2.65 bits per heavy atom. The van der Waals surface area contributed by atoms with Crippen molar-refractivity contribution in [2.45, 2.75) is 56.9 Å². The van der Waals surface area contributed by atoms with Crippen LogP contribution in [-0.4, -0.2) is 25.8 Å². The summed E-state index contributed by atoms with van der Waals surface area (Å²) in [4.78, 5) is 0. The van der Waals surface area contributed by atoms with Gasteiger partial charge in [0.1, 0.15) is 0 Å². The number of hydrogen-bond acceptors (Lipinski definition) is 2. The summed E-state index contributed by atoms with van der Waals surface area (Å²) in [7, 11) is 0. The van der Waals surface area contributed by atoms with Crippen LogP contribution in [0.2, 0.25) is 0 Å². The number of ether oxygens (including phenoxy) is 1. The smallest absolute Gasteiger partial charge is 0.0480 e. The molecule has 0 amide bonds. The molecule has 0 bridgehead atoms. The van der Waals surface area contributed by atoms with E-state index in [1.54, 1.807) is 5.56 Å². The summed E-state index contributed by atoms with van der Waals surface area (Å²) in [6, 6.07) is 9.91. The van der Waals surface area contributed by atoms with Crippen LogP contribution >= 0.6 is 0 Å². The van der Waals surface area contributed by atoms with E-state index in [4.69, 9.17) is 4.74 Å². The third-order valence-corrected chi connectivity index (χ3v) is 4.97. The van der Waals surface area contributed by atoms with Crippen molar-refractivity contribution in [1.29, 1.82) is 0 Å². The van der Waals surface area contributed by atoms with Crippen molar-refractivity contribution >= 4 is 0 Å². The minimum absolute atomic E-state index is 0.420. The first-order valence-electron chi connectivity index (χ1n) is 8.11. The summed E-state index contributed by atoms with van der Waals surface area (Å²) in [6.45, 7) is 7.54. The lowest BCUT2D eigenvalue weighted by atomic mass is 9.91. The first-order valence-corrected chi connectivity index (χ1v) is 8.11. The van der Waals surface area contributed by atoms with Gasteiger partial charge in [-0.1, -0.05) is 38.1 Å². The molecule has 1 heterocycles. The topological polar surface area (TPSA) is 21.3 Å². The van der Waals surface area contributed by atoms with Gasteiger partial charge >= 0.3 is 0 Å². The molecule has 1 saturated heterocycles. The minimum atomic E-state index is 0.420. The minimum Gasteiger partial charge on any atom is -0.381 e. The standard InChI is InChI=1S/C18H27NO/c1-14(2)15-4-3-5-16(12-15)18(8-9-18)13-19-17-6-10-20-11-7-17/h3-5,12,14,17,19H,6-11,13H2,1-2H3. The van der Waals surface area contributed by atoms with Gasteiger partial charge in [-0.25, -0.2) is 0 Å². The molecule has 0 atom stereocenters. The lowest BCUT2D eigenvalue weighted by Crippen LogP contribution is -2.39. The zero-order valence-corrected chi connectivity index (χ0v) is 12.8. The molecule has 0 spiro atoms. The van der Waals surface area contributed by atoms with Gasteiger partial charge in [0.15, 0.2) is 0 Å². The molecule has 1 N–H and O–H groups in total. The van der Waals surface area contributed by atoms with Crippen LogP contribution in [0.4, 0.5) is 0 Å². The second-order valence-electron chi connectivity index (χ2n) is 6.83. The fourth-order valence-corrected chi connectivity index (χ4v) is 3.19. The molecule has 1 aromatic rings. The van der Waals surface area contributed by atoms with Crippen LogP contribution in [0.25, 0.3) is 0 Å². The monoisotopic (exact) mass is 273 g/mol. The van der Waals surface area contributed by atoms with Crippen molar-refractivity contribution < 1.29 is 4.74 Å². The SMILES string of the molecule is CC(C)c1cccc(C2(CNC3CCOCC3)CC2)c1. The van der Waals surface area contributed by atoms with Gasteiger partial charge in [0.2, 0.25) is 0 Å². The molecule has 0 radical (unpaired) electrons. The molecular formula is C18H27NO. The van der Waals surface area contributed by atoms with Crippen LogP contribution in [0.3, 0.4) is 0 Å². The Labute approximate surface area is 122 Å². The van der Waals surface area contributed by atoms with Gasteiger partial charge in [-0.15, -0.1) is 0 Å². The van der Waals surface area contributed by atoms with Crippen LogP contribution in [0.1, 0.15) is 56.6 Å². The summed E-state index contributed by atoms with van der Waals surface area (Å²) < 4.78 is 5.43. The third-order valence-electron chi connectivity index (χ3n) is 4.97. The van der Waals surface area contributed by atoms with E-state index in [1.807, 2.05) is 0 Å². The molecule has 1 aromatic carbocycles. The maximum Gasteiger partial charge on any atom is 0.0480 e. The van der Waals surface area contributed by atoms with Gasteiger partial charge < -0.3 is 10.1 Å². The van der Waals surface area contributed by atoms with Crippen molar-refractivity contribution in [3.8, 4) is 0 Å². The summed E-state index contributed by atoms with van der Waals surface area (Å²) in [6.07, 6.45) is 5.01. The van der Waals surface area contributed by atoms with Gasteiger partial charge in [-0.05, 0) is 42.7 Å². The van der Waals surface area contributed by atoms with Crippen LogP contribution < -0.4 is 5.32 Å². The highest BCUT2D eigenvalue weighted by Crippen LogP contribution is 2.48. The van der Waals surface area contributed by atoms with Crippen LogP contribution in [0, 0.1) is 0 Å². The average molecular weight is 273 g/mol. The first-order chi connectivity index (χ1) is 9.70. The van der Waals surface area contributed by atoms with E-state index in [1.165, 1.54) is 31.2 Å². The van der Waals surface area contributed by atoms with Crippen LogP contribution in [0.15, 0.2) is 24.3 Å². The zero-order valence-electron chi connectivity index (χ0n) is 12.8. The normalized spacial score (nSPS) is 22.1. The molecule has 1 saturated carbocycles. The van der Waals surface area contributed by atoms with Gasteiger partial charge in [-0.3, -0.25) is 0 Å². The molecule has 2 heteroatoms. The highest BCUT2D eigenvalue weighted by Gasteiger charge is 2.44. The molecule has 1 aliphatic heterocycles. The molecule has 2 nitrogen and oxygen atoms in total. The quantitative estimate of drug-likeness (QED) is 0.885. The van der Waals surface area contributed by atoms with Gasteiger partial charge in [-0.2, -0.15) is 0 Å². The Hall–Kier alpha value is -0.860. The predicted molar refractivity (Wildman–Crippen MR) is 83.3 cm³/mol. The van der Waals surface area contributed by atoms with Crippen LogP contribution in [-0.2, 0) is 10.2 Å². The van der Waals surface area contributed by atoms with E-state index in [-0.39, 0.29) is 0 Å². The third kappa shape index (κ3) is 3.07. The van der Waals surface area contributed by atoms with E-state index in [0.717, 1.165) is 19.8 Å². The number of hydrogen-bond donors (Lipinski definition) is 1. The zero-order chi connectivity index (χ0) is 14.0. The molecule has 3 rings (SSSR count). The van der Waals surface area contributed by atoms with Gasteiger partial charge in [0.25, 0.3) is 0 Å². The highest BCUT2D eigenvalue weighted by molar-refractivity contribution is 5.36. The van der Waals surface area contributed by atoms with E-state index in [9.17, 15) is 0 Å². The molecule has 2 aliphatic rings. The van der Waals surface area contributed by atoms with Crippen molar-refractivity contribution in [3.05, 3.63) is 35.4 Å². The molecule has 20 heavy (non-hydrogen) atoms. The van der Waals surface area contributed by atoms with E-state index < -0.39 is 0 Å². The Kier molecular flexibility index (Phi) is 4.13. The van der Waals surface area contributed by atoms with E-state index in [2.05, 4.69) is 43.4 Å². The van der Waals surface area contributed by atoms with E-state index in [0.29, 0.717) is 17.4 Å². The number of benzene rings is 1. The number of nitrogens with one attached hydrogen (secondary N) is 1. The summed E-state index contributed by atoms with van der Waals surface area (Å²) >= 11 is 0. The van der Waals surface area contributed by atoms with Crippen molar-refractivity contribution in [1.82, 2.24) is 5.32 Å². The lowest BCUT2D eigenvalue weighted by Gasteiger charge is -2.26. The summed E-state index contributed by atoms with van der Waals surface area (Å²) in [5.74, 6) is 0.620. The van der Waals surface area contributed by atoms with Crippen molar-refractivity contribution in [2.75, 3.05) is 19.8 Å². The predicted octanol–water partition coefficient (Wildman–Crippen LogP) is 3.61. The number of rotatable bonds is 5. The molecule has 0 aromatic heterocycles. The summed E-state index contributed by atoms with van der Waals surface area (Å²) in [5, 5.41) is 3.79. The Morgan fingerprint density at radius 2 is 2.00 bits per heavy atom. The largest absolute Gasteiger partial charge is 0.381 e. The highest BCUT2D eigenvalue weighted by atomic mass is 16.5. The molecule has 110 valence electrons. The van der Waals surface area contributed by atoms with Gasteiger partial charge in [0, 0.05) is 31.2 Å². The maximum absolute atomic E-state index is 5.43. The lowest BCUT2D eigenvalue weighted by molar-refractivity contribution is 0.0774. The fraction of sp³-hybridized carbons (Fsp3) is 0.667. The summed E-state index contributed by atoms with van der Waals surface area (Å²) in [5.41, 5.74) is 3.44. The average Bonchev–Trinajstić information content (AvgIpc) is 3.28. The molecular weight excluding hydrogens is 246 g/mol. The fourth-order valence-electron chi connectivity index (χ4n) is 3.19. The first kappa shape index (κ1) is 14.1. The maximum atomic E-state index is 5.43. The second kappa shape index (κ2) is 5.87. The molecule has 2 fully saturated rings. The van der Waals surface area contributed by atoms with Crippen molar-refractivity contribution in [2.24, 2.45) is 0 Å². The van der Waals surface area contributed by atoms with E-state index >= 15 is 0 Å². The molecule has 1 aliphatic carbocycles. The molecule has 0 unspecified atom stereocenters. The van der Waals surface area contributed by atoms with Gasteiger partial charge in [0.05, 0.1) is 0 Å². The van der Waals surface area contributed by atoms with Crippen molar-refractivity contribution in [3.63, 3.8) is 0 Å². The van der Waals surface area contributed by atoms with Crippen LogP contribution in [0.5, 0.6) is 0 Å².